The van der Waals surface area contributed by atoms with Crippen molar-refractivity contribution in [2.75, 3.05) is 0 Å². The summed E-state index contributed by atoms with van der Waals surface area (Å²) in [5.74, 6) is 0. The summed E-state index contributed by atoms with van der Waals surface area (Å²) in [6.07, 6.45) is 0. The molecule has 2 heteroatoms. The lowest BCUT2D eigenvalue weighted by Gasteiger charge is -2.24. The van der Waals surface area contributed by atoms with Crippen LogP contribution in [0.2, 0.25) is 0 Å². The van der Waals surface area contributed by atoms with Crippen molar-refractivity contribution in [3.05, 3.63) is 193 Å². The number of nitrogens with zero attached hydrogens (tertiary/aromatic N) is 2. The maximum Gasteiger partial charge on any atom is 0.0625 e. The van der Waals surface area contributed by atoms with Crippen LogP contribution in [0, 0.1) is 0 Å². The maximum atomic E-state index is 2.49. The van der Waals surface area contributed by atoms with Crippen molar-refractivity contribution in [1.82, 2.24) is 9.13 Å². The third-order valence-electron chi connectivity index (χ3n) is 12.5. The van der Waals surface area contributed by atoms with Crippen LogP contribution >= 0.6 is 0 Å². The van der Waals surface area contributed by atoms with E-state index in [1.165, 1.54) is 104 Å². The smallest absolute Gasteiger partial charge is 0.0625 e. The van der Waals surface area contributed by atoms with Crippen molar-refractivity contribution in [2.24, 2.45) is 0 Å². The minimum atomic E-state index is -0.0760. The lowest BCUT2D eigenvalue weighted by atomic mass is 9.79. The summed E-state index contributed by atoms with van der Waals surface area (Å²) in [5, 5.41) is 10.1. The average Bonchev–Trinajstić information content (AvgIpc) is 3.85. The van der Waals surface area contributed by atoms with Crippen LogP contribution < -0.4 is 0 Å². The summed E-state index contributed by atoms with van der Waals surface area (Å²) < 4.78 is 4.95. The van der Waals surface area contributed by atoms with Crippen LogP contribution in [0.25, 0.3) is 98.8 Å². The third-order valence-corrected chi connectivity index (χ3v) is 12.5. The second kappa shape index (κ2) is 11.1. The predicted octanol–water partition coefficient (Wildman–Crippen LogP) is 14.2. The van der Waals surface area contributed by atoms with E-state index in [4.69, 9.17) is 0 Å². The molecule has 0 aliphatic heterocycles. The fourth-order valence-electron chi connectivity index (χ4n) is 10.1. The zero-order valence-electron chi connectivity index (χ0n) is 30.7. The predicted molar refractivity (Wildman–Crippen MR) is 233 cm³/mol. The second-order valence-electron chi connectivity index (χ2n) is 15.7. The number of fused-ring (bicyclic) bond motifs is 14. The van der Waals surface area contributed by atoms with Gasteiger partial charge in [0.05, 0.1) is 22.1 Å². The van der Waals surface area contributed by atoms with Gasteiger partial charge in [-0.05, 0) is 80.6 Å². The first-order chi connectivity index (χ1) is 27.1. The van der Waals surface area contributed by atoms with Crippen LogP contribution in [0.3, 0.4) is 0 Å². The number of aromatic nitrogens is 2. The van der Waals surface area contributed by atoms with E-state index >= 15 is 0 Å². The molecule has 0 radical (unpaired) electrons. The molecule has 258 valence electrons. The first-order valence-electron chi connectivity index (χ1n) is 19.3. The number of benzene rings is 9. The molecule has 9 aromatic carbocycles. The number of hydrogen-bond donors (Lipinski definition) is 0. The zero-order chi connectivity index (χ0) is 36.4. The Morgan fingerprint density at radius 2 is 0.891 bits per heavy atom. The monoisotopic (exact) mass is 700 g/mol. The van der Waals surface area contributed by atoms with Crippen molar-refractivity contribution < 1.29 is 0 Å². The van der Waals surface area contributed by atoms with Gasteiger partial charge in [0.15, 0.2) is 0 Å². The zero-order valence-corrected chi connectivity index (χ0v) is 30.7. The summed E-state index contributed by atoms with van der Waals surface area (Å²) in [7, 11) is 0. The maximum absolute atomic E-state index is 2.49. The van der Waals surface area contributed by atoms with E-state index in [9.17, 15) is 0 Å². The van der Waals surface area contributed by atoms with Crippen molar-refractivity contribution in [3.63, 3.8) is 0 Å². The van der Waals surface area contributed by atoms with Gasteiger partial charge in [-0.1, -0.05) is 159 Å². The standard InChI is InChI=1S/C53H36N2/c1-53(2)46-20-9-6-15-38(46)42-19-12-18-37(50(42)53)33-23-27-36(28-24-33)54-47-21-10-7-16-39(47)43-32-31-41-45(51(43)54)30-26-34-25-29-44-40-17-8-11-22-48(40)55(52(44)49(34)41)35-13-4-3-5-14-35/h3-32H,1-2H3. The SMILES string of the molecule is CC1(C)c2ccccc2-c2cccc(-c3ccc(-n4c5ccccc5c5ccc6c(ccc7ccc8c9ccccc9n(-c9ccccc9)c8c76)c54)cc3)c21. The van der Waals surface area contributed by atoms with Gasteiger partial charge < -0.3 is 9.13 Å². The molecule has 2 heterocycles. The molecule has 2 aromatic heterocycles. The summed E-state index contributed by atoms with van der Waals surface area (Å²) in [5.41, 5.74) is 15.3. The van der Waals surface area contributed by atoms with Crippen molar-refractivity contribution in [1.29, 1.82) is 0 Å². The Hall–Kier alpha value is -6.90. The lowest BCUT2D eigenvalue weighted by molar-refractivity contribution is 0.662. The minimum absolute atomic E-state index is 0.0760. The largest absolute Gasteiger partial charge is 0.309 e. The van der Waals surface area contributed by atoms with Crippen molar-refractivity contribution in [2.45, 2.75) is 19.3 Å². The van der Waals surface area contributed by atoms with Gasteiger partial charge in [0.2, 0.25) is 0 Å². The van der Waals surface area contributed by atoms with Crippen LogP contribution in [0.4, 0.5) is 0 Å². The van der Waals surface area contributed by atoms with E-state index in [1.807, 2.05) is 0 Å². The minimum Gasteiger partial charge on any atom is -0.309 e. The van der Waals surface area contributed by atoms with Crippen LogP contribution in [0.1, 0.15) is 25.0 Å². The molecule has 0 saturated carbocycles. The first-order valence-corrected chi connectivity index (χ1v) is 19.3. The van der Waals surface area contributed by atoms with Gasteiger partial charge in [-0.2, -0.15) is 0 Å². The van der Waals surface area contributed by atoms with E-state index in [1.54, 1.807) is 0 Å². The third kappa shape index (κ3) is 4.09. The molecule has 1 aliphatic rings. The molecule has 12 rings (SSSR count). The van der Waals surface area contributed by atoms with Gasteiger partial charge in [-0.15, -0.1) is 0 Å². The molecule has 0 N–H and O–H groups in total. The Bertz CT molecular complexity index is 3380. The van der Waals surface area contributed by atoms with E-state index in [2.05, 4.69) is 205 Å². The first kappa shape index (κ1) is 30.6. The summed E-state index contributed by atoms with van der Waals surface area (Å²) >= 11 is 0. The molecule has 11 aromatic rings. The molecule has 0 atom stereocenters. The molecule has 0 saturated heterocycles. The molecule has 0 amide bonds. The van der Waals surface area contributed by atoms with Crippen LogP contribution in [-0.2, 0) is 5.41 Å². The highest BCUT2D eigenvalue weighted by molar-refractivity contribution is 6.29. The van der Waals surface area contributed by atoms with Gasteiger partial charge in [0.1, 0.15) is 0 Å². The topological polar surface area (TPSA) is 9.86 Å². The molecule has 55 heavy (non-hydrogen) atoms. The van der Waals surface area contributed by atoms with Gasteiger partial charge >= 0.3 is 0 Å². The number of rotatable bonds is 3. The quantitative estimate of drug-likeness (QED) is 0.162. The normalized spacial score (nSPS) is 13.4. The van der Waals surface area contributed by atoms with E-state index in [0.29, 0.717) is 0 Å². The molecule has 1 aliphatic carbocycles. The van der Waals surface area contributed by atoms with Gasteiger partial charge in [-0.25, -0.2) is 0 Å². The summed E-state index contributed by atoms with van der Waals surface area (Å²) in [4.78, 5) is 0. The summed E-state index contributed by atoms with van der Waals surface area (Å²) in [6.45, 7) is 4.74. The Labute approximate surface area is 319 Å². The van der Waals surface area contributed by atoms with E-state index in [0.717, 1.165) is 5.69 Å². The van der Waals surface area contributed by atoms with Crippen molar-refractivity contribution >= 4 is 65.2 Å². The lowest BCUT2D eigenvalue weighted by Crippen LogP contribution is -2.16. The number of para-hydroxylation sites is 3. The average molecular weight is 701 g/mol. The Balaban J connectivity index is 1.12. The van der Waals surface area contributed by atoms with Crippen molar-refractivity contribution in [3.8, 4) is 33.6 Å². The second-order valence-corrected chi connectivity index (χ2v) is 15.7. The fraction of sp³-hybridized carbons (Fsp3) is 0.0566. The Morgan fingerprint density at radius 1 is 0.364 bits per heavy atom. The summed E-state index contributed by atoms with van der Waals surface area (Å²) in [6, 6.07) is 67.5. The van der Waals surface area contributed by atoms with E-state index < -0.39 is 0 Å². The van der Waals surface area contributed by atoms with Gasteiger partial charge in [0.25, 0.3) is 0 Å². The molecule has 0 spiro atoms. The fourth-order valence-corrected chi connectivity index (χ4v) is 10.1. The highest BCUT2D eigenvalue weighted by atomic mass is 15.0. The van der Waals surface area contributed by atoms with E-state index in [-0.39, 0.29) is 5.41 Å². The highest BCUT2D eigenvalue weighted by Gasteiger charge is 2.37. The molecule has 2 nitrogen and oxygen atoms in total. The molecule has 0 unspecified atom stereocenters. The van der Waals surface area contributed by atoms with Crippen LogP contribution in [0.15, 0.2) is 182 Å². The molecular formula is C53H36N2. The van der Waals surface area contributed by atoms with Gasteiger partial charge in [0, 0.05) is 49.1 Å². The Morgan fingerprint density at radius 3 is 1.64 bits per heavy atom. The van der Waals surface area contributed by atoms with Gasteiger partial charge in [-0.3, -0.25) is 0 Å². The highest BCUT2D eigenvalue weighted by Crippen LogP contribution is 2.52. The van der Waals surface area contributed by atoms with Crippen LogP contribution in [0.5, 0.6) is 0 Å². The molecule has 0 fully saturated rings. The molecule has 0 bridgehead atoms. The Kier molecular flexibility index (Phi) is 6.15. The number of hydrogen-bond acceptors (Lipinski definition) is 0. The molecular weight excluding hydrogens is 665 g/mol. The van der Waals surface area contributed by atoms with Crippen LogP contribution in [-0.4, -0.2) is 9.13 Å².